The van der Waals surface area contributed by atoms with Crippen LogP contribution in [0.5, 0.6) is 0 Å². The van der Waals surface area contributed by atoms with Crippen molar-refractivity contribution in [1.29, 1.82) is 0 Å². The average Bonchev–Trinajstić information content (AvgIpc) is 2.64. The molecule has 2 aliphatic heterocycles. The molecule has 2 atom stereocenters. The lowest BCUT2D eigenvalue weighted by molar-refractivity contribution is -0.132. The molecule has 0 spiro atoms. The number of fused-ring (bicyclic) bond motifs is 2. The number of likely N-dealkylation sites (tertiary alicyclic amines) is 1. The largest absolute Gasteiger partial charge is 0.381 e. The smallest absolute Gasteiger partial charge is 0.224 e. The van der Waals surface area contributed by atoms with Gasteiger partial charge in [-0.15, -0.1) is 0 Å². The van der Waals surface area contributed by atoms with E-state index in [1.807, 2.05) is 4.90 Å². The van der Waals surface area contributed by atoms with Crippen molar-refractivity contribution in [2.24, 2.45) is 0 Å². The van der Waals surface area contributed by atoms with Gasteiger partial charge in [-0.05, 0) is 25.7 Å². The molecule has 4 nitrogen and oxygen atoms in total. The highest BCUT2D eigenvalue weighted by Crippen LogP contribution is 2.20. The quantitative estimate of drug-likeness (QED) is 0.733. The molecule has 2 saturated heterocycles. The van der Waals surface area contributed by atoms with E-state index in [2.05, 4.69) is 12.2 Å². The lowest BCUT2D eigenvalue weighted by Crippen LogP contribution is -2.39. The number of rotatable bonds is 5. The maximum atomic E-state index is 12.0. The first-order chi connectivity index (χ1) is 8.29. The molecule has 0 aliphatic carbocycles. The molecule has 98 valence electrons. The summed E-state index contributed by atoms with van der Waals surface area (Å²) < 4.78 is 5.37. The summed E-state index contributed by atoms with van der Waals surface area (Å²) in [6, 6.07) is 1.18. The molecule has 2 unspecified atom stereocenters. The lowest BCUT2D eigenvalue weighted by atomic mass is 10.1. The highest BCUT2D eigenvalue weighted by Gasteiger charge is 2.30. The molecule has 4 heteroatoms. The molecule has 17 heavy (non-hydrogen) atoms. The minimum atomic E-state index is 0.260. The van der Waals surface area contributed by atoms with Crippen LogP contribution in [0, 0.1) is 0 Å². The molecular weight excluding hydrogens is 216 g/mol. The summed E-state index contributed by atoms with van der Waals surface area (Å²) in [7, 11) is 0. The Morgan fingerprint density at radius 1 is 1.29 bits per heavy atom. The van der Waals surface area contributed by atoms with E-state index < -0.39 is 0 Å². The molecule has 2 rings (SSSR count). The highest BCUT2D eigenvalue weighted by molar-refractivity contribution is 5.76. The summed E-state index contributed by atoms with van der Waals surface area (Å²) in [5.41, 5.74) is 0. The van der Waals surface area contributed by atoms with Gasteiger partial charge in [-0.25, -0.2) is 0 Å². The second kappa shape index (κ2) is 6.36. The Labute approximate surface area is 104 Å². The van der Waals surface area contributed by atoms with Crippen LogP contribution in [0.1, 0.15) is 39.0 Å². The summed E-state index contributed by atoms with van der Waals surface area (Å²) in [5.74, 6) is 0.260. The summed E-state index contributed by atoms with van der Waals surface area (Å²) in [4.78, 5) is 14.0. The number of ether oxygens (including phenoxy) is 1. The van der Waals surface area contributed by atoms with Crippen LogP contribution in [0.2, 0.25) is 0 Å². The van der Waals surface area contributed by atoms with Gasteiger partial charge >= 0.3 is 0 Å². The molecule has 1 amide bonds. The molecule has 0 aromatic heterocycles. The van der Waals surface area contributed by atoms with Crippen molar-refractivity contribution in [3.05, 3.63) is 0 Å². The topological polar surface area (TPSA) is 41.6 Å². The van der Waals surface area contributed by atoms with Gasteiger partial charge in [-0.2, -0.15) is 0 Å². The Hall–Kier alpha value is -0.610. The molecule has 2 bridgehead atoms. The predicted molar refractivity (Wildman–Crippen MR) is 66.9 cm³/mol. The number of amides is 1. The van der Waals surface area contributed by atoms with Crippen LogP contribution in [0.15, 0.2) is 0 Å². The predicted octanol–water partition coefficient (Wildman–Crippen LogP) is 1.16. The van der Waals surface area contributed by atoms with Gasteiger partial charge in [0.05, 0.1) is 13.0 Å². The zero-order chi connectivity index (χ0) is 12.1. The Morgan fingerprint density at radius 2 is 2.12 bits per heavy atom. The van der Waals surface area contributed by atoms with Crippen molar-refractivity contribution in [2.45, 2.75) is 51.1 Å². The van der Waals surface area contributed by atoms with Crippen molar-refractivity contribution in [1.82, 2.24) is 10.2 Å². The van der Waals surface area contributed by atoms with Crippen LogP contribution in [0.25, 0.3) is 0 Å². The first-order valence-electron chi connectivity index (χ1n) is 6.91. The van der Waals surface area contributed by atoms with Crippen molar-refractivity contribution in [3.63, 3.8) is 0 Å². The number of carbonyl (C=O) groups excluding carboxylic acids is 1. The molecule has 0 saturated carbocycles. The standard InChI is InChI=1S/C13H24N2O2/c1-2-8-17-9-6-13(16)15-7-5-11-3-4-12(10-15)14-11/h11-12,14H,2-10H2,1H3. The fraction of sp³-hybridized carbons (Fsp3) is 0.923. The minimum absolute atomic E-state index is 0.260. The summed E-state index contributed by atoms with van der Waals surface area (Å²) in [5, 5.41) is 3.59. The summed E-state index contributed by atoms with van der Waals surface area (Å²) >= 11 is 0. The van der Waals surface area contributed by atoms with Gasteiger partial charge in [-0.3, -0.25) is 4.79 Å². The van der Waals surface area contributed by atoms with Crippen LogP contribution in [0.3, 0.4) is 0 Å². The second-order valence-electron chi connectivity index (χ2n) is 5.13. The van der Waals surface area contributed by atoms with Crippen LogP contribution in [0.4, 0.5) is 0 Å². The normalized spacial score (nSPS) is 28.2. The summed E-state index contributed by atoms with van der Waals surface area (Å²) in [6.45, 7) is 5.23. The number of carbonyl (C=O) groups is 1. The maximum Gasteiger partial charge on any atom is 0.224 e. The monoisotopic (exact) mass is 240 g/mol. The lowest BCUT2D eigenvalue weighted by Gasteiger charge is -2.24. The van der Waals surface area contributed by atoms with E-state index in [1.165, 1.54) is 12.8 Å². The fourth-order valence-corrected chi connectivity index (χ4v) is 2.73. The minimum Gasteiger partial charge on any atom is -0.381 e. The molecule has 2 aliphatic rings. The average molecular weight is 240 g/mol. The highest BCUT2D eigenvalue weighted by atomic mass is 16.5. The van der Waals surface area contributed by atoms with Crippen LogP contribution in [-0.4, -0.2) is 49.2 Å². The Morgan fingerprint density at radius 3 is 2.94 bits per heavy atom. The van der Waals surface area contributed by atoms with Gasteiger partial charge in [0.1, 0.15) is 0 Å². The van der Waals surface area contributed by atoms with Crippen LogP contribution >= 0.6 is 0 Å². The number of nitrogens with zero attached hydrogens (tertiary/aromatic N) is 1. The van der Waals surface area contributed by atoms with Crippen LogP contribution in [-0.2, 0) is 9.53 Å². The molecule has 2 heterocycles. The molecule has 0 aromatic rings. The van der Waals surface area contributed by atoms with Gasteiger partial charge < -0.3 is 15.0 Å². The van der Waals surface area contributed by atoms with Crippen molar-refractivity contribution in [2.75, 3.05) is 26.3 Å². The van der Waals surface area contributed by atoms with E-state index in [1.54, 1.807) is 0 Å². The van der Waals surface area contributed by atoms with Crippen LogP contribution < -0.4 is 5.32 Å². The third-order valence-electron chi connectivity index (χ3n) is 3.68. The van der Waals surface area contributed by atoms with E-state index in [9.17, 15) is 4.79 Å². The van der Waals surface area contributed by atoms with Gasteiger partial charge in [0.25, 0.3) is 0 Å². The Kier molecular flexibility index (Phi) is 4.80. The third kappa shape index (κ3) is 3.68. The molecule has 0 radical (unpaired) electrons. The number of hydrogen-bond donors (Lipinski definition) is 1. The number of hydrogen-bond acceptors (Lipinski definition) is 3. The van der Waals surface area contributed by atoms with Crippen molar-refractivity contribution < 1.29 is 9.53 Å². The second-order valence-corrected chi connectivity index (χ2v) is 5.13. The third-order valence-corrected chi connectivity index (χ3v) is 3.68. The van der Waals surface area contributed by atoms with E-state index in [-0.39, 0.29) is 5.91 Å². The van der Waals surface area contributed by atoms with Gasteiger partial charge in [-0.1, -0.05) is 6.92 Å². The first kappa shape index (κ1) is 12.8. The molecule has 1 N–H and O–H groups in total. The maximum absolute atomic E-state index is 12.0. The zero-order valence-electron chi connectivity index (χ0n) is 10.8. The van der Waals surface area contributed by atoms with E-state index in [4.69, 9.17) is 4.74 Å². The molecular formula is C13H24N2O2. The SMILES string of the molecule is CCCOCCC(=O)N1CCC2CCC(C1)N2. The van der Waals surface area contributed by atoms with Gasteiger partial charge in [0, 0.05) is 31.8 Å². The van der Waals surface area contributed by atoms with E-state index >= 15 is 0 Å². The summed E-state index contributed by atoms with van der Waals surface area (Å²) in [6.07, 6.45) is 5.17. The fourth-order valence-electron chi connectivity index (χ4n) is 2.73. The number of nitrogens with one attached hydrogen (secondary N) is 1. The van der Waals surface area contributed by atoms with Crippen molar-refractivity contribution >= 4 is 5.91 Å². The Balaban J connectivity index is 1.71. The first-order valence-corrected chi connectivity index (χ1v) is 6.91. The van der Waals surface area contributed by atoms with E-state index in [0.29, 0.717) is 25.1 Å². The van der Waals surface area contributed by atoms with E-state index in [0.717, 1.165) is 32.5 Å². The molecule has 2 fully saturated rings. The Bertz CT molecular complexity index is 258. The zero-order valence-corrected chi connectivity index (χ0v) is 10.8. The van der Waals surface area contributed by atoms with Crippen molar-refractivity contribution in [3.8, 4) is 0 Å². The molecule has 0 aromatic carbocycles. The van der Waals surface area contributed by atoms with Gasteiger partial charge in [0.2, 0.25) is 5.91 Å². The van der Waals surface area contributed by atoms with Gasteiger partial charge in [0.15, 0.2) is 0 Å².